The van der Waals surface area contributed by atoms with Crippen LogP contribution in [0, 0.1) is 5.92 Å². The molecule has 0 radical (unpaired) electrons. The van der Waals surface area contributed by atoms with E-state index >= 15 is 5.11 Å². The topological polar surface area (TPSA) is 199 Å². The highest BCUT2D eigenvalue weighted by molar-refractivity contribution is 5.90. The van der Waals surface area contributed by atoms with Gasteiger partial charge in [0.15, 0.2) is 24.3 Å². The molecule has 6 aromatic rings. The fourth-order valence-corrected chi connectivity index (χ4v) is 11.9. The third-order valence-electron chi connectivity index (χ3n) is 16.3. The largest absolute Gasteiger partial charge is 0.828 e. The Bertz CT molecular complexity index is 2920. The second kappa shape index (κ2) is 28.1. The zero-order valence-corrected chi connectivity index (χ0v) is 47.1. The first-order chi connectivity index (χ1) is 40.4. The second-order valence-electron chi connectivity index (χ2n) is 22.2. The summed E-state index contributed by atoms with van der Waals surface area (Å²) in [5, 5.41) is 41.7. The van der Waals surface area contributed by atoms with E-state index in [1.165, 1.54) is 6.92 Å². The van der Waals surface area contributed by atoms with Gasteiger partial charge in [-0.15, -0.1) is 0 Å². The van der Waals surface area contributed by atoms with Gasteiger partial charge in [0.1, 0.15) is 48.3 Å². The molecule has 3 aliphatic heterocycles. The highest BCUT2D eigenvalue weighted by atomic mass is 16.8. The first-order valence-corrected chi connectivity index (χ1v) is 28.8. The number of ether oxygens (including phenoxy) is 11. The molecule has 0 amide bonds. The Labute approximate surface area is 485 Å². The van der Waals surface area contributed by atoms with Crippen molar-refractivity contribution in [2.75, 3.05) is 6.61 Å². The highest BCUT2D eigenvalue weighted by Crippen LogP contribution is 2.48. The van der Waals surface area contributed by atoms with E-state index in [9.17, 15) is 19.8 Å². The molecule has 1 aliphatic carbocycles. The smallest absolute Gasteiger partial charge is 0.338 e. The van der Waals surface area contributed by atoms with Crippen LogP contribution in [0.15, 0.2) is 182 Å². The number of aliphatic hydroxyl groups is 2. The number of hydrogen-bond donors (Lipinski definition) is 2. The fourth-order valence-electron chi connectivity index (χ4n) is 11.9. The molecule has 3 heterocycles. The van der Waals surface area contributed by atoms with Gasteiger partial charge in [-0.25, -0.2) is 9.59 Å². The van der Waals surface area contributed by atoms with Gasteiger partial charge in [0.2, 0.25) is 0 Å². The van der Waals surface area contributed by atoms with Gasteiger partial charge in [0, 0.05) is 12.2 Å². The van der Waals surface area contributed by atoms with Crippen molar-refractivity contribution in [3.63, 3.8) is 0 Å². The molecule has 3 saturated heterocycles. The molecule has 0 spiro atoms. The lowest BCUT2D eigenvalue weighted by Crippen LogP contribution is -2.76. The van der Waals surface area contributed by atoms with E-state index in [0.29, 0.717) is 12.8 Å². The summed E-state index contributed by atoms with van der Waals surface area (Å²) in [6.45, 7) is 5.08. The molecular weight excluding hydrogens is 1060 g/mol. The second-order valence-corrected chi connectivity index (χ2v) is 22.2. The van der Waals surface area contributed by atoms with Crippen LogP contribution in [0.5, 0.6) is 0 Å². The maximum absolute atomic E-state index is 15.5. The molecule has 440 valence electrons. The first-order valence-electron chi connectivity index (χ1n) is 28.8. The standard InChI is InChI=1S/C67H75O16/c1-44-55(74-40-47-27-13-5-14-28-47)54(68)57(80-61(69)50-33-19-8-20-34-50)63(77-44)82-60-64(79-53(43-73-39-46-25-11-4-12-26-46)58(66(60,3)72)76-42-49-31-17-7-18-32-49)81-59-56(75-41-48-29-15-6-16-30-48)45(2)78-65(71)67(59,52-37-23-10-24-38-52)83-62(70)51-35-21-9-22-36-51/h4-9,11-22,25-36,44-45,52-60,63-65,68,72H,10,23-24,37-43H2,1-3H3/q-1/t44-,45+,53-,54+,55-,56+,57+,58-,59-,60-,63-,64-,65-,66+,67-/m1/s1. The van der Waals surface area contributed by atoms with Crippen LogP contribution >= 0.6 is 0 Å². The number of benzene rings is 6. The van der Waals surface area contributed by atoms with E-state index in [0.717, 1.165) is 41.5 Å². The van der Waals surface area contributed by atoms with E-state index in [2.05, 4.69) is 0 Å². The van der Waals surface area contributed by atoms with Crippen LogP contribution in [0.25, 0.3) is 0 Å². The van der Waals surface area contributed by atoms with Gasteiger partial charge in [0.05, 0.1) is 56.4 Å². The van der Waals surface area contributed by atoms with Crippen LogP contribution in [-0.4, -0.2) is 120 Å². The maximum Gasteiger partial charge on any atom is 0.338 e. The Morgan fingerprint density at radius 1 is 0.530 bits per heavy atom. The Morgan fingerprint density at radius 2 is 0.988 bits per heavy atom. The summed E-state index contributed by atoms with van der Waals surface area (Å²) in [4.78, 5) is 29.0. The molecule has 0 unspecified atom stereocenters. The van der Waals surface area contributed by atoms with E-state index in [1.54, 1.807) is 74.5 Å². The third-order valence-corrected chi connectivity index (χ3v) is 16.3. The zero-order valence-electron chi connectivity index (χ0n) is 47.1. The SMILES string of the molecule is C[C@@H]1O[C@@H]([O-])[C@@](OC(=O)c2ccccc2)(C2CCCCC2)[C@H](O[C@H]2O[C@H](COCc3ccccc3)[C@@H](OCc3ccccc3)[C@](C)(O)[C@@H]2O[C@H]2O[C@H](C)[C@@H](OCc3ccccc3)[C@H](O)[C@@H]2OC(=O)c2ccccc2)[C@H]1OCc1ccccc1. The Morgan fingerprint density at radius 3 is 1.53 bits per heavy atom. The molecule has 4 fully saturated rings. The summed E-state index contributed by atoms with van der Waals surface area (Å²) in [7, 11) is 0. The van der Waals surface area contributed by atoms with Gasteiger partial charge in [-0.05, 0) is 80.1 Å². The number of esters is 2. The first kappa shape index (κ1) is 59.9. The van der Waals surface area contributed by atoms with Crippen molar-refractivity contribution in [1.82, 2.24) is 0 Å². The van der Waals surface area contributed by atoms with Gasteiger partial charge in [0.25, 0.3) is 0 Å². The Balaban J connectivity index is 1.09. The molecule has 2 N–H and O–H groups in total. The summed E-state index contributed by atoms with van der Waals surface area (Å²) in [6.07, 6.45) is -14.9. The van der Waals surface area contributed by atoms with Gasteiger partial charge in [-0.2, -0.15) is 0 Å². The van der Waals surface area contributed by atoms with Crippen molar-refractivity contribution in [3.05, 3.63) is 215 Å². The normalized spacial score (nSPS) is 31.2. The summed E-state index contributed by atoms with van der Waals surface area (Å²) in [5.41, 5.74) is -0.560. The van der Waals surface area contributed by atoms with Crippen LogP contribution < -0.4 is 5.11 Å². The van der Waals surface area contributed by atoms with Gasteiger partial charge < -0.3 is 67.4 Å². The summed E-state index contributed by atoms with van der Waals surface area (Å²) in [5.74, 6) is -2.19. The third kappa shape index (κ3) is 14.3. The van der Waals surface area contributed by atoms with Gasteiger partial charge in [-0.1, -0.05) is 177 Å². The Kier molecular flexibility index (Phi) is 20.3. The van der Waals surface area contributed by atoms with Crippen molar-refractivity contribution < 1.29 is 77.0 Å². The molecule has 16 heteroatoms. The summed E-state index contributed by atoms with van der Waals surface area (Å²) < 4.78 is 74.2. The number of carbonyl (C=O) groups is 2. The average Bonchev–Trinajstić information content (AvgIpc) is 3.46. The van der Waals surface area contributed by atoms with Crippen molar-refractivity contribution >= 4 is 11.9 Å². The van der Waals surface area contributed by atoms with Crippen molar-refractivity contribution in [2.45, 2.75) is 170 Å². The number of hydrogen-bond acceptors (Lipinski definition) is 16. The van der Waals surface area contributed by atoms with E-state index < -0.39 is 109 Å². The molecular formula is C67H75O16-. The van der Waals surface area contributed by atoms with E-state index in [4.69, 9.17) is 52.1 Å². The summed E-state index contributed by atoms with van der Waals surface area (Å²) in [6, 6.07) is 54.6. The zero-order chi connectivity index (χ0) is 57.8. The molecule has 1 saturated carbocycles. The lowest BCUT2D eigenvalue weighted by molar-refractivity contribution is -0.559. The Hall–Kier alpha value is -6.22. The minimum absolute atomic E-state index is 0.0108. The van der Waals surface area contributed by atoms with Crippen LogP contribution in [0.4, 0.5) is 0 Å². The molecule has 6 aromatic carbocycles. The summed E-state index contributed by atoms with van der Waals surface area (Å²) >= 11 is 0. The number of carbonyl (C=O) groups excluding carboxylic acids is 2. The predicted molar refractivity (Wildman–Crippen MR) is 302 cm³/mol. The lowest BCUT2D eigenvalue weighted by Gasteiger charge is -2.60. The number of rotatable bonds is 22. The monoisotopic (exact) mass is 1140 g/mol. The molecule has 83 heavy (non-hydrogen) atoms. The van der Waals surface area contributed by atoms with Crippen molar-refractivity contribution in [1.29, 1.82) is 0 Å². The van der Waals surface area contributed by atoms with Crippen LogP contribution in [0.2, 0.25) is 0 Å². The molecule has 16 nitrogen and oxygen atoms in total. The lowest BCUT2D eigenvalue weighted by atomic mass is 9.70. The van der Waals surface area contributed by atoms with E-state index in [1.807, 2.05) is 121 Å². The molecule has 4 aliphatic rings. The van der Waals surface area contributed by atoms with Crippen molar-refractivity contribution in [3.8, 4) is 0 Å². The fraction of sp³-hybridized carbons (Fsp3) is 0.433. The minimum atomic E-state index is -2.16. The van der Waals surface area contributed by atoms with Crippen LogP contribution in [-0.2, 0) is 78.5 Å². The predicted octanol–water partition coefficient (Wildman–Crippen LogP) is 8.82. The minimum Gasteiger partial charge on any atom is -0.828 e. The van der Waals surface area contributed by atoms with Crippen LogP contribution in [0.3, 0.4) is 0 Å². The van der Waals surface area contributed by atoms with Gasteiger partial charge in [-0.3, -0.25) is 0 Å². The maximum atomic E-state index is 15.5. The molecule has 0 aromatic heterocycles. The van der Waals surface area contributed by atoms with Gasteiger partial charge >= 0.3 is 11.9 Å². The number of aliphatic hydroxyl groups excluding tert-OH is 1. The average molecular weight is 1140 g/mol. The molecule has 0 bridgehead atoms. The van der Waals surface area contributed by atoms with E-state index in [-0.39, 0.29) is 44.2 Å². The molecule has 10 rings (SSSR count). The highest BCUT2D eigenvalue weighted by Gasteiger charge is 2.64. The van der Waals surface area contributed by atoms with Crippen molar-refractivity contribution in [2.24, 2.45) is 5.92 Å². The van der Waals surface area contributed by atoms with Crippen LogP contribution in [0.1, 0.15) is 95.8 Å². The quantitative estimate of drug-likeness (QED) is 0.0611. The molecule has 15 atom stereocenters.